The van der Waals surface area contributed by atoms with Gasteiger partial charge in [0.25, 0.3) is 0 Å². The number of hydrogen-bond donors (Lipinski definition) is 2. The summed E-state index contributed by atoms with van der Waals surface area (Å²) in [6.45, 7) is 6.20. The highest BCUT2D eigenvalue weighted by molar-refractivity contribution is 5.74. The lowest BCUT2D eigenvalue weighted by Gasteiger charge is -2.28. The second kappa shape index (κ2) is 7.73. The van der Waals surface area contributed by atoms with Crippen LogP contribution < -0.4 is 5.32 Å². The fraction of sp³-hybridized carbons (Fsp3) is 0.438. The summed E-state index contributed by atoms with van der Waals surface area (Å²) in [6, 6.07) is 3.61. The molecule has 7 heteroatoms. The Morgan fingerprint density at radius 3 is 2.70 bits per heavy atom. The van der Waals surface area contributed by atoms with Crippen molar-refractivity contribution in [3.8, 4) is 5.82 Å². The normalized spacial score (nSPS) is 12.2. The zero-order valence-corrected chi connectivity index (χ0v) is 13.7. The van der Waals surface area contributed by atoms with E-state index in [4.69, 9.17) is 0 Å². The molecule has 1 atom stereocenters. The third-order valence-corrected chi connectivity index (χ3v) is 3.37. The maximum atomic E-state index is 12.2. The quantitative estimate of drug-likeness (QED) is 0.847. The van der Waals surface area contributed by atoms with Crippen molar-refractivity contribution in [1.82, 2.24) is 24.8 Å². The van der Waals surface area contributed by atoms with Gasteiger partial charge in [0.2, 0.25) is 0 Å². The molecule has 2 rings (SSSR count). The number of nitrogens with one attached hydrogen (secondary N) is 1. The van der Waals surface area contributed by atoms with Crippen LogP contribution >= 0.6 is 0 Å². The first kappa shape index (κ1) is 17.0. The van der Waals surface area contributed by atoms with E-state index >= 15 is 0 Å². The maximum absolute atomic E-state index is 12.2. The van der Waals surface area contributed by atoms with Gasteiger partial charge in [-0.2, -0.15) is 0 Å². The van der Waals surface area contributed by atoms with Gasteiger partial charge in [0, 0.05) is 37.7 Å². The summed E-state index contributed by atoms with van der Waals surface area (Å²) in [5.74, 6) is 0.774. The molecule has 2 heterocycles. The Morgan fingerprint density at radius 1 is 1.39 bits per heavy atom. The van der Waals surface area contributed by atoms with Gasteiger partial charge in [0.15, 0.2) is 0 Å². The average molecular weight is 317 g/mol. The van der Waals surface area contributed by atoms with Crippen molar-refractivity contribution in [2.45, 2.75) is 39.5 Å². The number of urea groups is 1. The molecule has 23 heavy (non-hydrogen) atoms. The van der Waals surface area contributed by atoms with E-state index in [0.717, 1.165) is 11.4 Å². The highest BCUT2D eigenvalue weighted by Crippen LogP contribution is 2.06. The molecule has 0 aliphatic heterocycles. The van der Waals surface area contributed by atoms with Crippen molar-refractivity contribution in [3.05, 3.63) is 42.6 Å². The summed E-state index contributed by atoms with van der Waals surface area (Å²) < 4.78 is 1.81. The molecule has 1 unspecified atom stereocenters. The van der Waals surface area contributed by atoms with Crippen LogP contribution in [-0.4, -0.2) is 49.3 Å². The largest absolute Gasteiger partial charge is 0.392 e. The molecule has 0 aliphatic carbocycles. The van der Waals surface area contributed by atoms with Gasteiger partial charge in [0.1, 0.15) is 12.1 Å². The van der Waals surface area contributed by atoms with E-state index in [1.165, 1.54) is 0 Å². The minimum Gasteiger partial charge on any atom is -0.392 e. The first-order valence-electron chi connectivity index (χ1n) is 7.63. The van der Waals surface area contributed by atoms with Crippen LogP contribution in [0.25, 0.3) is 5.82 Å². The molecule has 0 fully saturated rings. The highest BCUT2D eigenvalue weighted by Gasteiger charge is 2.18. The monoisotopic (exact) mass is 317 g/mol. The van der Waals surface area contributed by atoms with Crippen molar-refractivity contribution in [3.63, 3.8) is 0 Å². The number of nitrogens with zero attached hydrogens (tertiary/aromatic N) is 4. The summed E-state index contributed by atoms with van der Waals surface area (Å²) in [7, 11) is 0. The molecular weight excluding hydrogens is 294 g/mol. The second-order valence-corrected chi connectivity index (χ2v) is 5.75. The zero-order valence-electron chi connectivity index (χ0n) is 13.7. The van der Waals surface area contributed by atoms with E-state index in [-0.39, 0.29) is 12.1 Å². The lowest BCUT2D eigenvalue weighted by atomic mass is 10.2. The minimum absolute atomic E-state index is 0.0198. The number of hydrogen-bond acceptors (Lipinski definition) is 4. The highest BCUT2D eigenvalue weighted by atomic mass is 16.3. The van der Waals surface area contributed by atoms with Gasteiger partial charge in [0.05, 0.1) is 6.10 Å². The number of amides is 2. The van der Waals surface area contributed by atoms with Crippen molar-refractivity contribution in [1.29, 1.82) is 0 Å². The smallest absolute Gasteiger partial charge is 0.317 e. The Bertz CT molecular complexity index is 608. The Balaban J connectivity index is 1.93. The molecule has 2 aromatic rings. The third kappa shape index (κ3) is 4.79. The molecule has 0 spiro atoms. The van der Waals surface area contributed by atoms with Crippen molar-refractivity contribution >= 4 is 6.03 Å². The molecule has 2 aromatic heterocycles. The van der Waals surface area contributed by atoms with Gasteiger partial charge in [-0.15, -0.1) is 0 Å². The van der Waals surface area contributed by atoms with Crippen molar-refractivity contribution < 1.29 is 9.90 Å². The Morgan fingerprint density at radius 2 is 2.17 bits per heavy atom. The lowest BCUT2D eigenvalue weighted by molar-refractivity contribution is 0.118. The molecule has 0 saturated heterocycles. The number of carbonyl (C=O) groups is 1. The van der Waals surface area contributed by atoms with Crippen LogP contribution in [0.2, 0.25) is 0 Å². The molecule has 0 radical (unpaired) electrons. The zero-order chi connectivity index (χ0) is 16.8. The van der Waals surface area contributed by atoms with Gasteiger partial charge in [-0.05, 0) is 32.4 Å². The van der Waals surface area contributed by atoms with E-state index in [2.05, 4.69) is 15.3 Å². The fourth-order valence-corrected chi connectivity index (χ4v) is 2.16. The average Bonchev–Trinajstić information content (AvgIpc) is 3.04. The van der Waals surface area contributed by atoms with Crippen molar-refractivity contribution in [2.75, 3.05) is 6.54 Å². The van der Waals surface area contributed by atoms with Crippen LogP contribution in [0.5, 0.6) is 0 Å². The summed E-state index contributed by atoms with van der Waals surface area (Å²) in [6.07, 6.45) is 6.36. The van der Waals surface area contributed by atoms with Crippen LogP contribution in [0.15, 0.2) is 37.1 Å². The predicted molar refractivity (Wildman–Crippen MR) is 87.1 cm³/mol. The molecule has 2 amide bonds. The summed E-state index contributed by atoms with van der Waals surface area (Å²) in [4.78, 5) is 22.2. The first-order chi connectivity index (χ1) is 11.0. The van der Waals surface area contributed by atoms with E-state index in [9.17, 15) is 9.90 Å². The van der Waals surface area contributed by atoms with E-state index in [1.54, 1.807) is 30.5 Å². The third-order valence-electron chi connectivity index (χ3n) is 3.37. The number of aliphatic hydroxyl groups excluding tert-OH is 1. The number of aliphatic hydroxyl groups is 1. The van der Waals surface area contributed by atoms with E-state index in [1.807, 2.05) is 36.7 Å². The molecule has 0 aliphatic rings. The van der Waals surface area contributed by atoms with Crippen LogP contribution in [0, 0.1) is 0 Å². The molecule has 7 nitrogen and oxygen atoms in total. The molecule has 0 aromatic carbocycles. The number of pyridine rings is 1. The van der Waals surface area contributed by atoms with E-state index in [0.29, 0.717) is 13.1 Å². The van der Waals surface area contributed by atoms with Gasteiger partial charge >= 0.3 is 6.03 Å². The standard InChI is InChI=1S/C16H23N5O2/c1-12(2)21(10-13(3)22)16(23)19-9-14-4-5-15(18-8-14)20-7-6-17-11-20/h4-8,11-13,22H,9-10H2,1-3H3,(H,19,23). The van der Waals surface area contributed by atoms with Crippen LogP contribution in [0.1, 0.15) is 26.3 Å². The van der Waals surface area contributed by atoms with Gasteiger partial charge < -0.3 is 15.3 Å². The second-order valence-electron chi connectivity index (χ2n) is 5.75. The van der Waals surface area contributed by atoms with E-state index < -0.39 is 6.10 Å². The van der Waals surface area contributed by atoms with Crippen molar-refractivity contribution in [2.24, 2.45) is 0 Å². The number of carbonyl (C=O) groups excluding carboxylic acids is 1. The fourth-order valence-electron chi connectivity index (χ4n) is 2.16. The molecule has 2 N–H and O–H groups in total. The SMILES string of the molecule is CC(O)CN(C(=O)NCc1ccc(-n2ccnc2)nc1)C(C)C. The summed E-state index contributed by atoms with van der Waals surface area (Å²) >= 11 is 0. The lowest BCUT2D eigenvalue weighted by Crippen LogP contribution is -2.46. The van der Waals surface area contributed by atoms with Crippen LogP contribution in [0.3, 0.4) is 0 Å². The summed E-state index contributed by atoms with van der Waals surface area (Å²) in [5, 5.41) is 12.3. The number of aromatic nitrogens is 3. The maximum Gasteiger partial charge on any atom is 0.317 e. The predicted octanol–water partition coefficient (Wildman–Crippen LogP) is 1.57. The molecular formula is C16H23N5O2. The molecule has 0 bridgehead atoms. The van der Waals surface area contributed by atoms with Gasteiger partial charge in [-0.3, -0.25) is 4.57 Å². The number of rotatable bonds is 6. The first-order valence-corrected chi connectivity index (χ1v) is 7.63. The Hall–Kier alpha value is -2.41. The van der Waals surface area contributed by atoms with Gasteiger partial charge in [-0.25, -0.2) is 14.8 Å². The topological polar surface area (TPSA) is 83.3 Å². The number of imidazole rings is 1. The minimum atomic E-state index is -0.556. The Kier molecular flexibility index (Phi) is 5.70. The van der Waals surface area contributed by atoms with Crippen LogP contribution in [0.4, 0.5) is 4.79 Å². The Labute approximate surface area is 136 Å². The molecule has 124 valence electrons. The summed E-state index contributed by atoms with van der Waals surface area (Å²) in [5.41, 5.74) is 0.906. The molecule has 0 saturated carbocycles. The van der Waals surface area contributed by atoms with Gasteiger partial charge in [-0.1, -0.05) is 6.07 Å². The van der Waals surface area contributed by atoms with Crippen LogP contribution in [-0.2, 0) is 6.54 Å².